The molecule has 39 heavy (non-hydrogen) atoms. The molecule has 3 aromatic rings. The molecule has 0 spiro atoms. The number of rotatable bonds is 9. The molecule has 0 saturated carbocycles. The maximum Gasteiger partial charge on any atom is 0.270 e. The van der Waals surface area contributed by atoms with Crippen molar-refractivity contribution < 1.29 is 9.72 Å². The Hall–Kier alpha value is -4.10. The van der Waals surface area contributed by atoms with E-state index >= 15 is 0 Å². The summed E-state index contributed by atoms with van der Waals surface area (Å²) in [5.74, 6) is 0.232. The van der Waals surface area contributed by atoms with E-state index in [1.54, 1.807) is 36.5 Å². The van der Waals surface area contributed by atoms with E-state index in [0.29, 0.717) is 18.0 Å². The quantitative estimate of drug-likeness (QED) is 0.274. The molecule has 1 aliphatic carbocycles. The van der Waals surface area contributed by atoms with Crippen molar-refractivity contribution in [2.45, 2.75) is 37.1 Å². The number of allylic oxidation sites excluding steroid dienone is 4. The lowest BCUT2D eigenvalue weighted by molar-refractivity contribution is -0.384. The van der Waals surface area contributed by atoms with Gasteiger partial charge >= 0.3 is 0 Å². The summed E-state index contributed by atoms with van der Waals surface area (Å²) < 4.78 is 0. The molecule has 7 nitrogen and oxygen atoms in total. The van der Waals surface area contributed by atoms with Gasteiger partial charge in [-0.15, -0.1) is 0 Å². The Morgan fingerprint density at radius 3 is 2.41 bits per heavy atom. The van der Waals surface area contributed by atoms with E-state index in [0.717, 1.165) is 44.5 Å². The number of hydrogen-bond acceptors (Lipinski definition) is 5. The minimum atomic E-state index is -0.407. The van der Waals surface area contributed by atoms with E-state index in [1.807, 2.05) is 0 Å². The average molecular weight is 523 g/mol. The lowest BCUT2D eigenvalue weighted by Crippen LogP contribution is -2.47. The summed E-state index contributed by atoms with van der Waals surface area (Å²) in [5.41, 5.74) is 2.77. The van der Waals surface area contributed by atoms with Crippen LogP contribution in [0.5, 0.6) is 0 Å². The van der Waals surface area contributed by atoms with Crippen LogP contribution >= 0.6 is 0 Å². The van der Waals surface area contributed by atoms with E-state index < -0.39 is 4.92 Å². The Morgan fingerprint density at radius 1 is 1.03 bits per heavy atom. The number of benzene rings is 2. The fourth-order valence-electron chi connectivity index (χ4n) is 6.00. The topological polar surface area (TPSA) is 88.4 Å². The van der Waals surface area contributed by atoms with Gasteiger partial charge in [-0.05, 0) is 68.0 Å². The summed E-state index contributed by atoms with van der Waals surface area (Å²) in [4.78, 5) is 30.4. The number of nitrogens with one attached hydrogen (secondary N) is 1. The first-order valence-corrected chi connectivity index (χ1v) is 13.6. The summed E-state index contributed by atoms with van der Waals surface area (Å²) in [5, 5.41) is 14.3. The molecule has 0 radical (unpaired) electrons. The van der Waals surface area contributed by atoms with Crippen LogP contribution in [0, 0.1) is 16.0 Å². The minimum absolute atomic E-state index is 0.0356. The minimum Gasteiger partial charge on any atom is -0.344 e. The molecule has 1 N–H and O–H groups in total. The van der Waals surface area contributed by atoms with E-state index in [2.05, 4.69) is 69.8 Å². The van der Waals surface area contributed by atoms with Crippen molar-refractivity contribution in [1.29, 1.82) is 0 Å². The number of piperidine rings is 1. The Balaban J connectivity index is 1.29. The highest BCUT2D eigenvalue weighted by molar-refractivity contribution is 5.92. The Labute approximate surface area is 229 Å². The molecule has 1 aromatic heterocycles. The lowest BCUT2D eigenvalue weighted by atomic mass is 9.62. The van der Waals surface area contributed by atoms with Gasteiger partial charge in [0.15, 0.2) is 0 Å². The monoisotopic (exact) mass is 522 g/mol. The van der Waals surface area contributed by atoms with Crippen LogP contribution < -0.4 is 5.32 Å². The van der Waals surface area contributed by atoms with Crippen LogP contribution in [0.1, 0.15) is 53.3 Å². The largest absolute Gasteiger partial charge is 0.344 e. The molecule has 1 amide bonds. The standard InChI is InChI=1S/C32H34N4O3/c37-31(30-13-7-8-21-33-30)34-29(25-14-16-28(17-15-25)36(38)39)18-22-35-23-19-32(20-24-35,26-9-3-1-4-10-26)27-11-5-2-6-12-27/h1-11,13-17,21,27,29H,12,18-20,22-24H2,(H,34,37). The maximum absolute atomic E-state index is 13.0. The zero-order valence-corrected chi connectivity index (χ0v) is 22.0. The number of non-ortho nitro benzene ring substituents is 1. The van der Waals surface area contributed by atoms with Gasteiger partial charge < -0.3 is 10.2 Å². The zero-order valence-electron chi connectivity index (χ0n) is 22.0. The van der Waals surface area contributed by atoms with Crippen molar-refractivity contribution in [2.24, 2.45) is 5.92 Å². The van der Waals surface area contributed by atoms with Crippen molar-refractivity contribution in [3.63, 3.8) is 0 Å². The van der Waals surface area contributed by atoms with Gasteiger partial charge in [0.25, 0.3) is 11.6 Å². The number of carbonyl (C=O) groups excluding carboxylic acids is 1. The molecule has 2 atom stereocenters. The number of amides is 1. The van der Waals surface area contributed by atoms with Gasteiger partial charge in [-0.2, -0.15) is 0 Å². The van der Waals surface area contributed by atoms with Crippen molar-refractivity contribution in [1.82, 2.24) is 15.2 Å². The summed E-state index contributed by atoms with van der Waals surface area (Å²) in [7, 11) is 0. The third-order valence-electron chi connectivity index (χ3n) is 8.23. The number of pyridine rings is 1. The molecule has 200 valence electrons. The predicted octanol–water partition coefficient (Wildman–Crippen LogP) is 6.02. The molecule has 2 aromatic carbocycles. The van der Waals surface area contributed by atoms with Crippen molar-refractivity contribution in [3.05, 3.63) is 130 Å². The number of nitrogens with zero attached hydrogens (tertiary/aromatic N) is 3. The first kappa shape index (κ1) is 26.5. The van der Waals surface area contributed by atoms with E-state index in [4.69, 9.17) is 0 Å². The number of nitro benzene ring substituents is 1. The van der Waals surface area contributed by atoms with Crippen LogP contribution in [0.2, 0.25) is 0 Å². The summed E-state index contributed by atoms with van der Waals surface area (Å²) >= 11 is 0. The Bertz CT molecular complexity index is 1310. The van der Waals surface area contributed by atoms with E-state index in [-0.39, 0.29) is 23.1 Å². The van der Waals surface area contributed by atoms with Crippen LogP contribution in [0.25, 0.3) is 0 Å². The highest BCUT2D eigenvalue weighted by Crippen LogP contribution is 2.45. The predicted molar refractivity (Wildman–Crippen MR) is 152 cm³/mol. The second kappa shape index (κ2) is 12.2. The van der Waals surface area contributed by atoms with Crippen molar-refractivity contribution in [3.8, 4) is 0 Å². The summed E-state index contributed by atoms with van der Waals surface area (Å²) in [6.45, 7) is 2.77. The molecule has 2 heterocycles. The van der Waals surface area contributed by atoms with Gasteiger partial charge in [-0.3, -0.25) is 19.9 Å². The van der Waals surface area contributed by atoms with Gasteiger partial charge in [-0.1, -0.05) is 72.8 Å². The number of hydrogen-bond donors (Lipinski definition) is 1. The normalized spacial score (nSPS) is 19.3. The van der Waals surface area contributed by atoms with Crippen LogP contribution in [0.4, 0.5) is 5.69 Å². The van der Waals surface area contributed by atoms with Gasteiger partial charge in [0, 0.05) is 30.3 Å². The molecule has 5 rings (SSSR count). The molecule has 1 saturated heterocycles. The Morgan fingerprint density at radius 2 is 1.77 bits per heavy atom. The van der Waals surface area contributed by atoms with Crippen molar-refractivity contribution >= 4 is 11.6 Å². The molecule has 0 bridgehead atoms. The molecule has 1 fully saturated rings. The second-order valence-corrected chi connectivity index (χ2v) is 10.4. The second-order valence-electron chi connectivity index (χ2n) is 10.4. The number of nitro groups is 1. The first-order chi connectivity index (χ1) is 19.0. The van der Waals surface area contributed by atoms with E-state index in [1.165, 1.54) is 17.7 Å². The van der Waals surface area contributed by atoms with Crippen LogP contribution in [0.15, 0.2) is 103 Å². The molecule has 2 unspecified atom stereocenters. The van der Waals surface area contributed by atoms with Crippen LogP contribution in [0.3, 0.4) is 0 Å². The smallest absolute Gasteiger partial charge is 0.270 e. The van der Waals surface area contributed by atoms with Gasteiger partial charge in [0.1, 0.15) is 5.69 Å². The lowest BCUT2D eigenvalue weighted by Gasteiger charge is -2.47. The molecular formula is C32H34N4O3. The van der Waals surface area contributed by atoms with Gasteiger partial charge in [0.2, 0.25) is 0 Å². The molecule has 1 aliphatic heterocycles. The molecule has 7 heteroatoms. The van der Waals surface area contributed by atoms with Crippen LogP contribution in [-0.2, 0) is 5.41 Å². The number of carbonyl (C=O) groups is 1. The van der Waals surface area contributed by atoms with Crippen molar-refractivity contribution in [2.75, 3.05) is 19.6 Å². The Kier molecular flexibility index (Phi) is 8.27. The first-order valence-electron chi connectivity index (χ1n) is 13.6. The fourth-order valence-corrected chi connectivity index (χ4v) is 6.00. The SMILES string of the molecule is O=C(NC(CCN1CCC(c2ccccc2)(C2C=CC=CC2)CC1)c1ccc([N+](=O)[O-])cc1)c1ccccn1. The molecule has 2 aliphatic rings. The van der Waals surface area contributed by atoms with Gasteiger partial charge in [0.05, 0.1) is 11.0 Å². The number of likely N-dealkylation sites (tertiary alicyclic amines) is 1. The maximum atomic E-state index is 13.0. The summed E-state index contributed by atoms with van der Waals surface area (Å²) in [6, 6.07) is 22.4. The number of aromatic nitrogens is 1. The zero-order chi connectivity index (χ0) is 27.1. The third-order valence-corrected chi connectivity index (χ3v) is 8.23. The summed E-state index contributed by atoms with van der Waals surface area (Å²) in [6.07, 6.45) is 14.5. The fraction of sp³-hybridized carbons (Fsp3) is 0.312. The average Bonchev–Trinajstić information content (AvgIpc) is 3.01. The third kappa shape index (κ3) is 6.15. The van der Waals surface area contributed by atoms with Crippen LogP contribution in [-0.4, -0.2) is 40.3 Å². The van der Waals surface area contributed by atoms with E-state index in [9.17, 15) is 14.9 Å². The highest BCUT2D eigenvalue weighted by Gasteiger charge is 2.41. The van der Waals surface area contributed by atoms with Gasteiger partial charge in [-0.25, -0.2) is 0 Å². The highest BCUT2D eigenvalue weighted by atomic mass is 16.6. The molecular weight excluding hydrogens is 488 g/mol.